The molecule has 3 N–H and O–H groups in total. The summed E-state index contributed by atoms with van der Waals surface area (Å²) in [5.41, 5.74) is 5.60. The van der Waals surface area contributed by atoms with Gasteiger partial charge in [-0.1, -0.05) is 24.6 Å². The van der Waals surface area contributed by atoms with E-state index in [0.29, 0.717) is 18.6 Å². The number of hydrogen-bond acceptors (Lipinski definition) is 3. The first-order valence-electron chi connectivity index (χ1n) is 6.25. The van der Waals surface area contributed by atoms with E-state index in [1.54, 1.807) is 25.3 Å². The SMILES string of the molecule is COCCCCC(CN)(CO)c1ccccc1F. The van der Waals surface area contributed by atoms with Crippen molar-refractivity contribution in [2.45, 2.75) is 24.7 Å². The molecule has 0 amide bonds. The number of ether oxygens (including phenoxy) is 1. The number of nitrogens with two attached hydrogens (primary N) is 1. The van der Waals surface area contributed by atoms with Crippen LogP contribution in [0.25, 0.3) is 0 Å². The molecule has 0 saturated heterocycles. The Morgan fingerprint density at radius 2 is 2.06 bits per heavy atom. The fourth-order valence-electron chi connectivity index (χ4n) is 2.18. The number of methoxy groups -OCH3 is 1. The quantitative estimate of drug-likeness (QED) is 0.697. The van der Waals surface area contributed by atoms with Crippen LogP contribution in [0.4, 0.5) is 4.39 Å². The second-order valence-electron chi connectivity index (χ2n) is 4.57. The van der Waals surface area contributed by atoms with Crippen LogP contribution in [0.3, 0.4) is 0 Å². The van der Waals surface area contributed by atoms with Crippen LogP contribution in [0.1, 0.15) is 24.8 Å². The van der Waals surface area contributed by atoms with Gasteiger partial charge in [0.15, 0.2) is 0 Å². The average molecular weight is 255 g/mol. The maximum atomic E-state index is 13.8. The molecule has 1 unspecified atom stereocenters. The first-order valence-corrected chi connectivity index (χ1v) is 6.25. The van der Waals surface area contributed by atoms with E-state index in [-0.39, 0.29) is 19.0 Å². The topological polar surface area (TPSA) is 55.5 Å². The second kappa shape index (κ2) is 7.46. The maximum Gasteiger partial charge on any atom is 0.127 e. The summed E-state index contributed by atoms with van der Waals surface area (Å²) >= 11 is 0. The highest BCUT2D eigenvalue weighted by Crippen LogP contribution is 2.30. The van der Waals surface area contributed by atoms with Crippen LogP contribution in [-0.2, 0) is 10.2 Å². The Morgan fingerprint density at radius 1 is 1.33 bits per heavy atom. The Labute approximate surface area is 108 Å². The lowest BCUT2D eigenvalue weighted by Gasteiger charge is -2.31. The summed E-state index contributed by atoms with van der Waals surface area (Å²) in [5, 5.41) is 9.63. The molecule has 18 heavy (non-hydrogen) atoms. The Hall–Kier alpha value is -0.970. The Morgan fingerprint density at radius 3 is 2.61 bits per heavy atom. The van der Waals surface area contributed by atoms with E-state index in [1.807, 2.05) is 0 Å². The number of aliphatic hydroxyl groups excluding tert-OH is 1. The molecular formula is C14H22FNO2. The predicted octanol–water partition coefficient (Wildman–Crippen LogP) is 1.83. The van der Waals surface area contributed by atoms with Crippen LogP contribution in [0.5, 0.6) is 0 Å². The average Bonchev–Trinajstić information content (AvgIpc) is 2.41. The van der Waals surface area contributed by atoms with Crippen molar-refractivity contribution in [3.63, 3.8) is 0 Å². The molecule has 0 aliphatic rings. The zero-order valence-electron chi connectivity index (χ0n) is 10.9. The lowest BCUT2D eigenvalue weighted by Crippen LogP contribution is -2.39. The molecule has 0 radical (unpaired) electrons. The van der Waals surface area contributed by atoms with Gasteiger partial charge in [0.25, 0.3) is 0 Å². The van der Waals surface area contributed by atoms with Crippen LogP contribution < -0.4 is 5.73 Å². The van der Waals surface area contributed by atoms with Crippen LogP contribution in [0, 0.1) is 5.82 Å². The molecule has 0 saturated carbocycles. The van der Waals surface area contributed by atoms with Gasteiger partial charge in [0.2, 0.25) is 0 Å². The summed E-state index contributed by atoms with van der Waals surface area (Å²) in [6.45, 7) is 0.762. The summed E-state index contributed by atoms with van der Waals surface area (Å²) in [6.07, 6.45) is 2.39. The van der Waals surface area contributed by atoms with Crippen LogP contribution >= 0.6 is 0 Å². The Kier molecular flexibility index (Phi) is 6.25. The van der Waals surface area contributed by atoms with Gasteiger partial charge in [0.05, 0.1) is 6.61 Å². The monoisotopic (exact) mass is 255 g/mol. The maximum absolute atomic E-state index is 13.8. The van der Waals surface area contributed by atoms with Crippen molar-refractivity contribution in [2.24, 2.45) is 5.73 Å². The van der Waals surface area contributed by atoms with E-state index < -0.39 is 5.41 Å². The Bertz CT molecular complexity index is 353. The van der Waals surface area contributed by atoms with Crippen molar-refractivity contribution in [2.75, 3.05) is 26.9 Å². The van der Waals surface area contributed by atoms with Gasteiger partial charge in [0.1, 0.15) is 5.82 Å². The van der Waals surface area contributed by atoms with Gasteiger partial charge in [-0.05, 0) is 24.5 Å². The normalized spacial score (nSPS) is 14.4. The van der Waals surface area contributed by atoms with E-state index in [4.69, 9.17) is 10.5 Å². The molecule has 1 aromatic carbocycles. The number of halogens is 1. The van der Waals surface area contributed by atoms with Gasteiger partial charge >= 0.3 is 0 Å². The van der Waals surface area contributed by atoms with Crippen molar-refractivity contribution in [1.29, 1.82) is 0 Å². The van der Waals surface area contributed by atoms with Crippen LogP contribution in [0.15, 0.2) is 24.3 Å². The molecule has 3 nitrogen and oxygen atoms in total. The zero-order valence-corrected chi connectivity index (χ0v) is 10.9. The number of hydrogen-bond donors (Lipinski definition) is 2. The number of benzene rings is 1. The van der Waals surface area contributed by atoms with Gasteiger partial charge < -0.3 is 15.6 Å². The van der Waals surface area contributed by atoms with E-state index >= 15 is 0 Å². The molecule has 1 atom stereocenters. The third-order valence-corrected chi connectivity index (χ3v) is 3.39. The van der Waals surface area contributed by atoms with Crippen molar-refractivity contribution < 1.29 is 14.2 Å². The predicted molar refractivity (Wildman–Crippen MR) is 69.9 cm³/mol. The minimum Gasteiger partial charge on any atom is -0.395 e. The minimum atomic E-state index is -0.681. The van der Waals surface area contributed by atoms with Crippen LogP contribution in [0.2, 0.25) is 0 Å². The van der Waals surface area contributed by atoms with E-state index in [2.05, 4.69) is 0 Å². The summed E-state index contributed by atoms with van der Waals surface area (Å²) in [7, 11) is 1.65. The molecular weight excluding hydrogens is 233 g/mol. The zero-order chi connectivity index (χ0) is 13.4. The van der Waals surface area contributed by atoms with E-state index in [9.17, 15) is 9.50 Å². The van der Waals surface area contributed by atoms with Crippen molar-refractivity contribution in [3.05, 3.63) is 35.6 Å². The molecule has 4 heteroatoms. The third-order valence-electron chi connectivity index (χ3n) is 3.39. The van der Waals surface area contributed by atoms with Crippen molar-refractivity contribution >= 4 is 0 Å². The van der Waals surface area contributed by atoms with Crippen molar-refractivity contribution in [1.82, 2.24) is 0 Å². The van der Waals surface area contributed by atoms with E-state index in [0.717, 1.165) is 12.8 Å². The highest BCUT2D eigenvalue weighted by Gasteiger charge is 2.32. The first kappa shape index (κ1) is 15.1. The highest BCUT2D eigenvalue weighted by molar-refractivity contribution is 5.28. The molecule has 0 aliphatic heterocycles. The first-order chi connectivity index (χ1) is 8.70. The number of aliphatic hydroxyl groups is 1. The summed E-state index contributed by atoms with van der Waals surface area (Å²) < 4.78 is 18.8. The second-order valence-corrected chi connectivity index (χ2v) is 4.57. The molecule has 102 valence electrons. The third kappa shape index (κ3) is 3.51. The molecule has 0 aliphatic carbocycles. The summed E-state index contributed by atoms with van der Waals surface area (Å²) in [6, 6.07) is 6.52. The summed E-state index contributed by atoms with van der Waals surface area (Å²) in [5.74, 6) is -0.302. The van der Waals surface area contributed by atoms with Gasteiger partial charge in [0, 0.05) is 25.7 Å². The number of rotatable bonds is 8. The van der Waals surface area contributed by atoms with Gasteiger partial charge in [-0.2, -0.15) is 0 Å². The molecule has 0 heterocycles. The van der Waals surface area contributed by atoms with E-state index in [1.165, 1.54) is 6.07 Å². The van der Waals surface area contributed by atoms with Gasteiger partial charge in [-0.15, -0.1) is 0 Å². The molecule has 0 spiro atoms. The minimum absolute atomic E-state index is 0.141. The standard InChI is InChI=1S/C14H22FNO2/c1-18-9-5-4-8-14(10-16,11-17)12-6-2-3-7-13(12)15/h2-3,6-7,17H,4-5,8-11,16H2,1H3. The summed E-state index contributed by atoms with van der Waals surface area (Å²) in [4.78, 5) is 0. The highest BCUT2D eigenvalue weighted by atomic mass is 19.1. The lowest BCUT2D eigenvalue weighted by atomic mass is 9.77. The van der Waals surface area contributed by atoms with Gasteiger partial charge in [-0.3, -0.25) is 0 Å². The fourth-order valence-corrected chi connectivity index (χ4v) is 2.18. The molecule has 0 aromatic heterocycles. The lowest BCUT2D eigenvalue weighted by molar-refractivity contribution is 0.165. The van der Waals surface area contributed by atoms with Crippen LogP contribution in [-0.4, -0.2) is 32.0 Å². The fraction of sp³-hybridized carbons (Fsp3) is 0.571. The number of unbranched alkanes of at least 4 members (excludes halogenated alkanes) is 1. The molecule has 1 rings (SSSR count). The molecule has 1 aromatic rings. The largest absolute Gasteiger partial charge is 0.395 e. The molecule has 0 bridgehead atoms. The molecule has 0 fully saturated rings. The smallest absolute Gasteiger partial charge is 0.127 e. The Balaban J connectivity index is 2.83. The van der Waals surface area contributed by atoms with Crippen molar-refractivity contribution in [3.8, 4) is 0 Å². The van der Waals surface area contributed by atoms with Gasteiger partial charge in [-0.25, -0.2) is 4.39 Å².